The largest absolute Gasteiger partial charge is 0.493 e. The Hall–Kier alpha value is -2.41. The molecule has 0 N–H and O–H groups in total. The van der Waals surface area contributed by atoms with Gasteiger partial charge in [0.15, 0.2) is 8.32 Å². The molecular formula is C36H46BrNO3Si. The predicted octanol–water partition coefficient (Wildman–Crippen LogP) is 10.2. The number of nitrogens with zero attached hydrogens (tertiary/aromatic N) is 1. The summed E-state index contributed by atoms with van der Waals surface area (Å²) in [6.07, 6.45) is 5.24. The number of para-hydroxylation sites is 1. The van der Waals surface area contributed by atoms with Crippen LogP contribution in [-0.2, 0) is 14.8 Å². The first kappa shape index (κ1) is 31.0. The van der Waals surface area contributed by atoms with Crippen LogP contribution in [0.25, 0.3) is 0 Å². The lowest BCUT2D eigenvalue weighted by atomic mass is 9.56. The first-order chi connectivity index (χ1) is 19.9. The molecule has 1 aliphatic carbocycles. The van der Waals surface area contributed by atoms with Crippen molar-refractivity contribution >= 4 is 35.8 Å². The number of unbranched alkanes of at least 4 members (excludes halogenated alkanes) is 1. The van der Waals surface area contributed by atoms with Crippen LogP contribution in [0.15, 0.2) is 83.3 Å². The highest BCUT2D eigenvalue weighted by Gasteiger charge is 2.65. The van der Waals surface area contributed by atoms with E-state index in [0.717, 1.165) is 60.0 Å². The third-order valence-corrected chi connectivity index (χ3v) is 15.0. The number of anilines is 1. The molecule has 0 bridgehead atoms. The van der Waals surface area contributed by atoms with Gasteiger partial charge in [-0.2, -0.15) is 0 Å². The van der Waals surface area contributed by atoms with Crippen LogP contribution in [-0.4, -0.2) is 20.8 Å². The average Bonchev–Trinajstić information content (AvgIpc) is 2.97. The highest BCUT2D eigenvalue weighted by atomic mass is 79.9. The van der Waals surface area contributed by atoms with Gasteiger partial charge in [-0.1, -0.05) is 105 Å². The van der Waals surface area contributed by atoms with Gasteiger partial charge in [0.1, 0.15) is 5.75 Å². The molecule has 1 saturated carbocycles. The van der Waals surface area contributed by atoms with Crippen molar-refractivity contribution in [2.24, 2.45) is 5.41 Å². The molecule has 224 valence electrons. The second-order valence-electron chi connectivity index (χ2n) is 13.7. The third kappa shape index (κ3) is 5.62. The summed E-state index contributed by atoms with van der Waals surface area (Å²) in [6.45, 7) is 14.4. The molecule has 42 heavy (non-hydrogen) atoms. The van der Waals surface area contributed by atoms with Gasteiger partial charge in [-0.25, -0.2) is 0 Å². The Morgan fingerprint density at radius 1 is 0.929 bits per heavy atom. The molecule has 3 aromatic carbocycles. The van der Waals surface area contributed by atoms with Crippen molar-refractivity contribution in [3.63, 3.8) is 0 Å². The number of ether oxygens (including phenoxy) is 1. The smallest absolute Gasteiger partial charge is 0.236 e. The molecule has 4 nitrogen and oxygen atoms in total. The van der Waals surface area contributed by atoms with E-state index in [0.29, 0.717) is 6.61 Å². The average molecular weight is 649 g/mol. The maximum Gasteiger partial charge on any atom is 0.236 e. The van der Waals surface area contributed by atoms with Crippen LogP contribution in [0.3, 0.4) is 0 Å². The molecule has 1 saturated heterocycles. The molecule has 1 heterocycles. The van der Waals surface area contributed by atoms with Crippen molar-refractivity contribution in [3.05, 3.63) is 94.5 Å². The van der Waals surface area contributed by atoms with Gasteiger partial charge in [0, 0.05) is 15.7 Å². The highest BCUT2D eigenvalue weighted by Crippen LogP contribution is 2.64. The van der Waals surface area contributed by atoms with Gasteiger partial charge in [-0.3, -0.25) is 4.79 Å². The zero-order chi connectivity index (χ0) is 30.2. The Kier molecular flexibility index (Phi) is 8.82. The molecular weight excluding hydrogens is 602 g/mol. The van der Waals surface area contributed by atoms with Crippen LogP contribution in [0.5, 0.6) is 5.75 Å². The van der Waals surface area contributed by atoms with Crippen LogP contribution < -0.4 is 9.64 Å². The minimum absolute atomic E-state index is 0.0883. The van der Waals surface area contributed by atoms with Gasteiger partial charge < -0.3 is 14.1 Å². The lowest BCUT2D eigenvalue weighted by Gasteiger charge is -2.61. The summed E-state index contributed by atoms with van der Waals surface area (Å²) in [6, 6.07) is 27.1. The predicted molar refractivity (Wildman–Crippen MR) is 179 cm³/mol. The fourth-order valence-corrected chi connectivity index (χ4v) is 8.50. The van der Waals surface area contributed by atoms with E-state index in [2.05, 4.69) is 105 Å². The summed E-state index contributed by atoms with van der Waals surface area (Å²) in [7, 11) is -2.10. The SMILES string of the molecule is CCCCOc1cc(Br)ccc1[C@H]1N(c2ccccc2)C(=O)C12CCC(O[Si](C)(C)C(C)(C)C)(c1ccccc1)CC2. The van der Waals surface area contributed by atoms with E-state index in [-0.39, 0.29) is 17.0 Å². The Bertz CT molecular complexity index is 1380. The second-order valence-corrected chi connectivity index (χ2v) is 19.3. The van der Waals surface area contributed by atoms with E-state index in [4.69, 9.17) is 9.16 Å². The van der Waals surface area contributed by atoms with Crippen molar-refractivity contribution < 1.29 is 14.0 Å². The first-order valence-electron chi connectivity index (χ1n) is 15.5. The van der Waals surface area contributed by atoms with E-state index >= 15 is 0 Å². The number of benzene rings is 3. The summed E-state index contributed by atoms with van der Waals surface area (Å²) in [5, 5.41) is 0.0883. The fourth-order valence-electron chi connectivity index (χ4n) is 6.55. The number of amides is 1. The number of hydrogen-bond acceptors (Lipinski definition) is 3. The van der Waals surface area contributed by atoms with Crippen LogP contribution >= 0.6 is 15.9 Å². The molecule has 0 aromatic heterocycles. The van der Waals surface area contributed by atoms with Crippen molar-refractivity contribution in [1.29, 1.82) is 0 Å². The van der Waals surface area contributed by atoms with Crippen LogP contribution in [0, 0.1) is 5.41 Å². The van der Waals surface area contributed by atoms with Crippen molar-refractivity contribution in [1.82, 2.24) is 0 Å². The molecule has 5 rings (SSSR count). The third-order valence-electron chi connectivity index (χ3n) is 9.99. The lowest BCUT2D eigenvalue weighted by Crippen LogP contribution is -2.66. The Morgan fingerprint density at radius 2 is 1.55 bits per heavy atom. The van der Waals surface area contributed by atoms with E-state index in [1.807, 2.05) is 35.2 Å². The molecule has 2 fully saturated rings. The maximum atomic E-state index is 14.4. The second kappa shape index (κ2) is 11.9. The number of hydrogen-bond donors (Lipinski definition) is 0. The van der Waals surface area contributed by atoms with E-state index in [9.17, 15) is 4.79 Å². The molecule has 1 amide bonds. The number of halogens is 1. The van der Waals surface area contributed by atoms with Crippen LogP contribution in [0.1, 0.15) is 83.4 Å². The fraction of sp³-hybridized carbons (Fsp3) is 0.472. The summed E-state index contributed by atoms with van der Waals surface area (Å²) in [5.41, 5.74) is 2.38. The van der Waals surface area contributed by atoms with Crippen LogP contribution in [0.2, 0.25) is 18.1 Å². The van der Waals surface area contributed by atoms with E-state index in [1.54, 1.807) is 0 Å². The molecule has 0 radical (unpaired) electrons. The molecule has 1 aliphatic heterocycles. The van der Waals surface area contributed by atoms with E-state index in [1.165, 1.54) is 5.56 Å². The first-order valence-corrected chi connectivity index (χ1v) is 19.2. The minimum atomic E-state index is -2.10. The Morgan fingerprint density at radius 3 is 2.14 bits per heavy atom. The van der Waals surface area contributed by atoms with Crippen molar-refractivity contribution in [2.45, 2.75) is 96.0 Å². The zero-order valence-corrected chi connectivity index (χ0v) is 28.7. The summed E-state index contributed by atoms with van der Waals surface area (Å²) in [5.74, 6) is 1.09. The monoisotopic (exact) mass is 647 g/mol. The maximum absolute atomic E-state index is 14.4. The van der Waals surface area contributed by atoms with E-state index < -0.39 is 19.3 Å². The molecule has 3 aromatic rings. The number of carbonyl (C=O) groups excluding carboxylic acids is 1. The molecule has 6 heteroatoms. The highest BCUT2D eigenvalue weighted by molar-refractivity contribution is 9.10. The van der Waals surface area contributed by atoms with Gasteiger partial charge in [0.05, 0.1) is 23.7 Å². The topological polar surface area (TPSA) is 38.8 Å². The quantitative estimate of drug-likeness (QED) is 0.132. The van der Waals surface area contributed by atoms with Gasteiger partial charge in [-0.05, 0) is 80.1 Å². The molecule has 0 unspecified atom stereocenters. The van der Waals surface area contributed by atoms with Crippen molar-refractivity contribution in [2.75, 3.05) is 11.5 Å². The van der Waals surface area contributed by atoms with Gasteiger partial charge >= 0.3 is 0 Å². The van der Waals surface area contributed by atoms with Crippen LogP contribution in [0.4, 0.5) is 5.69 Å². The molecule has 1 atom stereocenters. The zero-order valence-electron chi connectivity index (χ0n) is 26.1. The number of carbonyl (C=O) groups is 1. The summed E-state index contributed by atoms with van der Waals surface area (Å²) >= 11 is 3.67. The minimum Gasteiger partial charge on any atom is -0.493 e. The van der Waals surface area contributed by atoms with Gasteiger partial charge in [0.2, 0.25) is 5.91 Å². The summed E-state index contributed by atoms with van der Waals surface area (Å²) in [4.78, 5) is 16.4. The van der Waals surface area contributed by atoms with Gasteiger partial charge in [-0.15, -0.1) is 0 Å². The number of rotatable bonds is 9. The normalized spacial score (nSPS) is 24.5. The Balaban J connectivity index is 1.55. The standard InChI is InChI=1S/C36H46BrNO3Si/c1-7-8-25-40-31-26-28(37)19-20-30(31)32-35(33(39)38(32)29-17-13-10-14-18-29)21-23-36(24-22-35,27-15-11-9-12-16-27)41-42(5,6)34(2,3)4/h9-20,26,32H,7-8,21-25H2,1-6H3/t32-,35?,36?/m1/s1. The van der Waals surface area contributed by atoms with Gasteiger partial charge in [0.25, 0.3) is 0 Å². The molecule has 2 aliphatic rings. The molecule has 1 spiro atoms. The lowest BCUT2D eigenvalue weighted by molar-refractivity contribution is -0.149. The Labute approximate surface area is 262 Å². The number of β-lactam (4-membered cyclic amide) rings is 1. The van der Waals surface area contributed by atoms with Crippen molar-refractivity contribution in [3.8, 4) is 5.75 Å². The summed E-state index contributed by atoms with van der Waals surface area (Å²) < 4.78 is 14.7.